The largest absolute Gasteiger partial charge is 0.457 e. The second-order valence-corrected chi connectivity index (χ2v) is 11.9. The molecule has 6 heteroatoms. The van der Waals surface area contributed by atoms with E-state index in [0.717, 1.165) is 16.7 Å². The molecule has 7 rings (SSSR count). The summed E-state index contributed by atoms with van der Waals surface area (Å²) in [6.45, 7) is 0. The second-order valence-electron chi connectivity index (χ2n) is 11.9. The zero-order valence-electron chi connectivity index (χ0n) is 27.1. The summed E-state index contributed by atoms with van der Waals surface area (Å²) in [4.78, 5) is 40.2. The SMILES string of the molecule is O=C(c1ccc(F)cc1)c1ccc(-c2ccc(-c3ccc(C(=O)c4ccc(F)cc4)cc3)c(C(=O)c3ccc(Oc4ccccc4)cc3)c2)cc1. The van der Waals surface area contributed by atoms with Crippen LogP contribution >= 0.6 is 0 Å². The van der Waals surface area contributed by atoms with E-state index in [-0.39, 0.29) is 17.3 Å². The maximum absolute atomic E-state index is 14.2. The predicted octanol–water partition coefficient (Wildman–Crippen LogP) is 10.8. The smallest absolute Gasteiger partial charge is 0.193 e. The van der Waals surface area contributed by atoms with E-state index in [0.29, 0.717) is 50.4 Å². The minimum absolute atomic E-state index is 0.215. The molecule has 246 valence electrons. The number of rotatable bonds is 10. The van der Waals surface area contributed by atoms with Crippen molar-refractivity contribution in [2.75, 3.05) is 0 Å². The molecule has 0 aromatic heterocycles. The van der Waals surface area contributed by atoms with Gasteiger partial charge in [-0.05, 0) is 113 Å². The lowest BCUT2D eigenvalue weighted by Gasteiger charge is -2.14. The van der Waals surface area contributed by atoms with Crippen LogP contribution in [0, 0.1) is 11.6 Å². The van der Waals surface area contributed by atoms with Crippen LogP contribution in [0.5, 0.6) is 11.5 Å². The van der Waals surface area contributed by atoms with Gasteiger partial charge in [0.25, 0.3) is 0 Å². The van der Waals surface area contributed by atoms with Gasteiger partial charge in [0.2, 0.25) is 0 Å². The van der Waals surface area contributed by atoms with Gasteiger partial charge in [0.05, 0.1) is 0 Å². The first-order valence-corrected chi connectivity index (χ1v) is 16.2. The normalized spacial score (nSPS) is 10.8. The molecule has 0 bridgehead atoms. The third-order valence-electron chi connectivity index (χ3n) is 8.51. The highest BCUT2D eigenvalue weighted by Crippen LogP contribution is 2.32. The lowest BCUT2D eigenvalue weighted by Crippen LogP contribution is -2.05. The van der Waals surface area contributed by atoms with Crippen LogP contribution in [0.2, 0.25) is 0 Å². The van der Waals surface area contributed by atoms with Crippen molar-refractivity contribution in [2.24, 2.45) is 0 Å². The maximum atomic E-state index is 14.2. The molecule has 4 nitrogen and oxygen atoms in total. The van der Waals surface area contributed by atoms with Crippen LogP contribution in [-0.2, 0) is 0 Å². The van der Waals surface area contributed by atoms with Crippen molar-refractivity contribution in [3.8, 4) is 33.8 Å². The third kappa shape index (κ3) is 7.31. The van der Waals surface area contributed by atoms with E-state index >= 15 is 0 Å². The number of carbonyl (C=O) groups is 3. The van der Waals surface area contributed by atoms with Crippen molar-refractivity contribution in [3.63, 3.8) is 0 Å². The first-order valence-electron chi connectivity index (χ1n) is 16.2. The van der Waals surface area contributed by atoms with E-state index in [1.54, 1.807) is 60.7 Å². The van der Waals surface area contributed by atoms with Crippen molar-refractivity contribution in [2.45, 2.75) is 0 Å². The first kappa shape index (κ1) is 32.7. The van der Waals surface area contributed by atoms with E-state index < -0.39 is 11.6 Å². The van der Waals surface area contributed by atoms with Crippen LogP contribution in [0.25, 0.3) is 22.3 Å². The predicted molar refractivity (Wildman–Crippen MR) is 193 cm³/mol. The van der Waals surface area contributed by atoms with Crippen molar-refractivity contribution < 1.29 is 27.9 Å². The summed E-state index contributed by atoms with van der Waals surface area (Å²) in [5, 5.41) is 0. The number of ether oxygens (including phenoxy) is 1. The molecule has 0 atom stereocenters. The molecule has 7 aromatic carbocycles. The van der Waals surface area contributed by atoms with Crippen LogP contribution in [0.15, 0.2) is 170 Å². The van der Waals surface area contributed by atoms with Gasteiger partial charge in [-0.15, -0.1) is 0 Å². The zero-order chi connectivity index (χ0) is 35.3. The van der Waals surface area contributed by atoms with Gasteiger partial charge in [0, 0.05) is 33.4 Å². The molecule has 0 fully saturated rings. The van der Waals surface area contributed by atoms with E-state index in [1.807, 2.05) is 60.7 Å². The maximum Gasteiger partial charge on any atom is 0.193 e. The van der Waals surface area contributed by atoms with Gasteiger partial charge in [-0.25, -0.2) is 8.78 Å². The molecule has 0 aliphatic carbocycles. The quantitative estimate of drug-likeness (QED) is 0.136. The molecule has 0 unspecified atom stereocenters. The highest BCUT2D eigenvalue weighted by Gasteiger charge is 2.18. The van der Waals surface area contributed by atoms with Gasteiger partial charge in [-0.3, -0.25) is 14.4 Å². The molecular weight excluding hydrogens is 642 g/mol. The molecule has 0 saturated heterocycles. The fourth-order valence-electron chi connectivity index (χ4n) is 5.77. The summed E-state index contributed by atoms with van der Waals surface area (Å²) in [6.07, 6.45) is 0. The highest BCUT2D eigenvalue weighted by molar-refractivity contribution is 6.14. The van der Waals surface area contributed by atoms with Crippen LogP contribution in [-0.4, -0.2) is 17.3 Å². The standard InChI is InChI=1S/C45H28F2O4/c46-37-21-14-33(15-22-37)43(48)31-10-6-29(7-11-31)36-20-27-41(30-8-12-32(13-9-30)44(49)34-16-23-38(47)24-17-34)42(28-36)45(50)35-18-25-40(26-19-35)51-39-4-2-1-3-5-39/h1-28H. The van der Waals surface area contributed by atoms with Crippen LogP contribution in [0.1, 0.15) is 47.8 Å². The molecule has 0 saturated carbocycles. The monoisotopic (exact) mass is 670 g/mol. The van der Waals surface area contributed by atoms with E-state index in [1.165, 1.54) is 48.5 Å². The fraction of sp³-hybridized carbons (Fsp3) is 0. The van der Waals surface area contributed by atoms with Crippen LogP contribution < -0.4 is 4.74 Å². The van der Waals surface area contributed by atoms with Gasteiger partial charge in [-0.2, -0.15) is 0 Å². The summed E-state index contributed by atoms with van der Waals surface area (Å²) in [5.41, 5.74) is 5.47. The number of para-hydroxylation sites is 1. The highest BCUT2D eigenvalue weighted by atomic mass is 19.1. The number of carbonyl (C=O) groups excluding carboxylic acids is 3. The van der Waals surface area contributed by atoms with Crippen LogP contribution in [0.4, 0.5) is 8.78 Å². The van der Waals surface area contributed by atoms with Gasteiger partial charge >= 0.3 is 0 Å². The molecule has 51 heavy (non-hydrogen) atoms. The van der Waals surface area contributed by atoms with Crippen molar-refractivity contribution in [1.29, 1.82) is 0 Å². The van der Waals surface area contributed by atoms with Crippen LogP contribution in [0.3, 0.4) is 0 Å². The topological polar surface area (TPSA) is 60.4 Å². The number of hydrogen-bond acceptors (Lipinski definition) is 4. The fourth-order valence-corrected chi connectivity index (χ4v) is 5.77. The van der Waals surface area contributed by atoms with Gasteiger partial charge < -0.3 is 4.74 Å². The summed E-state index contributed by atoms with van der Waals surface area (Å²) in [7, 11) is 0. The third-order valence-corrected chi connectivity index (χ3v) is 8.51. The summed E-state index contributed by atoms with van der Waals surface area (Å²) >= 11 is 0. The minimum Gasteiger partial charge on any atom is -0.457 e. The Morgan fingerprint density at radius 2 is 0.765 bits per heavy atom. The zero-order valence-corrected chi connectivity index (χ0v) is 27.1. The molecule has 0 spiro atoms. The van der Waals surface area contributed by atoms with Crippen molar-refractivity contribution in [3.05, 3.63) is 215 Å². The Bertz CT molecular complexity index is 2350. The molecule has 0 aliphatic rings. The Balaban J connectivity index is 1.22. The van der Waals surface area contributed by atoms with E-state index in [2.05, 4.69) is 0 Å². The lowest BCUT2D eigenvalue weighted by molar-refractivity contribution is 0.103. The van der Waals surface area contributed by atoms with Gasteiger partial charge in [0.1, 0.15) is 23.1 Å². The van der Waals surface area contributed by atoms with Gasteiger partial charge in [0.15, 0.2) is 17.3 Å². The summed E-state index contributed by atoms with van der Waals surface area (Å²) in [5.74, 6) is -0.257. The molecule has 0 aliphatic heterocycles. The molecule has 0 radical (unpaired) electrons. The number of halogens is 2. The van der Waals surface area contributed by atoms with Crippen molar-refractivity contribution in [1.82, 2.24) is 0 Å². The Hall–Kier alpha value is -6.79. The molecule has 0 N–H and O–H groups in total. The number of ketones is 3. The second kappa shape index (κ2) is 14.4. The Morgan fingerprint density at radius 3 is 1.27 bits per heavy atom. The minimum atomic E-state index is -0.421. The van der Waals surface area contributed by atoms with Crippen molar-refractivity contribution >= 4 is 17.3 Å². The lowest BCUT2D eigenvalue weighted by atomic mass is 9.89. The Labute approximate surface area is 293 Å². The Kier molecular flexibility index (Phi) is 9.22. The average molecular weight is 671 g/mol. The molecule has 0 heterocycles. The Morgan fingerprint density at radius 1 is 0.373 bits per heavy atom. The first-order chi connectivity index (χ1) is 24.8. The van der Waals surface area contributed by atoms with Gasteiger partial charge in [-0.1, -0.05) is 78.9 Å². The molecule has 7 aromatic rings. The van der Waals surface area contributed by atoms with E-state index in [4.69, 9.17) is 4.74 Å². The molecule has 0 amide bonds. The number of benzene rings is 7. The average Bonchev–Trinajstić information content (AvgIpc) is 3.18. The van der Waals surface area contributed by atoms with E-state index in [9.17, 15) is 23.2 Å². The number of hydrogen-bond donors (Lipinski definition) is 0. The molecular formula is C45H28F2O4. The summed E-state index contributed by atoms with van der Waals surface area (Å²) < 4.78 is 32.7. The summed E-state index contributed by atoms with van der Waals surface area (Å²) in [6, 6.07) is 46.7.